The van der Waals surface area contributed by atoms with Crippen molar-refractivity contribution in [3.63, 3.8) is 0 Å². The lowest BCUT2D eigenvalue weighted by Crippen LogP contribution is -2.54. The molecule has 2 nitrogen and oxygen atoms in total. The highest BCUT2D eigenvalue weighted by atomic mass is 16.3. The number of hydrogen-bond donors (Lipinski definition) is 2. The normalized spacial score (nSPS) is 46.7. The molecule has 4 aliphatic carbocycles. The third kappa shape index (κ3) is 3.96. The minimum absolute atomic E-state index is 0.202. The molecule has 0 aromatic rings. The van der Waals surface area contributed by atoms with Gasteiger partial charge >= 0.3 is 0 Å². The van der Waals surface area contributed by atoms with Crippen molar-refractivity contribution in [1.29, 1.82) is 0 Å². The second-order valence-electron chi connectivity index (χ2n) is 13.0. The Morgan fingerprint density at radius 2 is 1.71 bits per heavy atom. The monoisotopic (exact) mass is 430 g/mol. The number of rotatable bonds is 6. The third-order valence-electron chi connectivity index (χ3n) is 11.3. The summed E-state index contributed by atoms with van der Waals surface area (Å²) in [7, 11) is 0. The third-order valence-corrected chi connectivity index (χ3v) is 11.3. The van der Waals surface area contributed by atoms with E-state index in [1.54, 1.807) is 0 Å². The molecule has 0 aromatic heterocycles. The van der Waals surface area contributed by atoms with Crippen LogP contribution >= 0.6 is 0 Å². The summed E-state index contributed by atoms with van der Waals surface area (Å²) in [6.07, 6.45) is 13.9. The fourth-order valence-corrected chi connectivity index (χ4v) is 9.29. The van der Waals surface area contributed by atoms with Gasteiger partial charge < -0.3 is 10.2 Å². The van der Waals surface area contributed by atoms with Crippen molar-refractivity contribution < 1.29 is 10.2 Å². The Hall–Kier alpha value is -0.340. The molecule has 3 unspecified atom stereocenters. The lowest BCUT2D eigenvalue weighted by molar-refractivity contribution is -0.0972. The summed E-state index contributed by atoms with van der Waals surface area (Å²) >= 11 is 0. The SMILES string of the molecule is CC[C@@H](CC[C@@H](C)[C@H]1CCC2C3C(CC[C@@]21C)[C@@]1(C)CC[C@H](O)CC1=C[C@@H]3O)C(C)C. The average Bonchev–Trinajstić information content (AvgIpc) is 3.06. The van der Waals surface area contributed by atoms with E-state index in [4.69, 9.17) is 0 Å². The van der Waals surface area contributed by atoms with Gasteiger partial charge in [0.25, 0.3) is 0 Å². The predicted molar refractivity (Wildman–Crippen MR) is 130 cm³/mol. The lowest BCUT2D eigenvalue weighted by atomic mass is 9.46. The van der Waals surface area contributed by atoms with E-state index in [0.717, 1.165) is 42.9 Å². The zero-order valence-corrected chi connectivity index (χ0v) is 21.2. The van der Waals surface area contributed by atoms with E-state index in [2.05, 4.69) is 47.6 Å². The van der Waals surface area contributed by atoms with E-state index >= 15 is 0 Å². The molecule has 0 bridgehead atoms. The fourth-order valence-electron chi connectivity index (χ4n) is 9.29. The fraction of sp³-hybridized carbons (Fsp3) is 0.931. The van der Waals surface area contributed by atoms with E-state index in [1.165, 1.54) is 50.5 Å². The minimum atomic E-state index is -0.303. The van der Waals surface area contributed by atoms with Gasteiger partial charge in [-0.05, 0) is 104 Å². The Morgan fingerprint density at radius 1 is 0.968 bits per heavy atom. The number of aliphatic hydroxyl groups is 2. The van der Waals surface area contributed by atoms with Crippen molar-refractivity contribution in [3.8, 4) is 0 Å². The number of hydrogen-bond acceptors (Lipinski definition) is 2. The predicted octanol–water partition coefficient (Wildman–Crippen LogP) is 7.00. The Kier molecular flexibility index (Phi) is 6.75. The maximum atomic E-state index is 11.3. The quantitative estimate of drug-likeness (QED) is 0.446. The van der Waals surface area contributed by atoms with Gasteiger partial charge in [0.1, 0.15) is 0 Å². The van der Waals surface area contributed by atoms with Crippen molar-refractivity contribution in [1.82, 2.24) is 0 Å². The molecule has 3 saturated carbocycles. The minimum Gasteiger partial charge on any atom is -0.393 e. The summed E-state index contributed by atoms with van der Waals surface area (Å²) in [5.41, 5.74) is 1.97. The van der Waals surface area contributed by atoms with Crippen LogP contribution < -0.4 is 0 Å². The first-order valence-corrected chi connectivity index (χ1v) is 13.7. The topological polar surface area (TPSA) is 40.5 Å². The molecule has 0 heterocycles. The molecule has 0 aliphatic heterocycles. The summed E-state index contributed by atoms with van der Waals surface area (Å²) in [5, 5.41) is 21.6. The van der Waals surface area contributed by atoms with Crippen molar-refractivity contribution >= 4 is 0 Å². The Labute approximate surface area is 192 Å². The molecule has 2 N–H and O–H groups in total. The van der Waals surface area contributed by atoms with Crippen molar-refractivity contribution in [3.05, 3.63) is 11.6 Å². The molecule has 0 saturated heterocycles. The van der Waals surface area contributed by atoms with Crippen LogP contribution in [0, 0.1) is 52.3 Å². The highest BCUT2D eigenvalue weighted by molar-refractivity contribution is 5.27. The first kappa shape index (κ1) is 23.8. The van der Waals surface area contributed by atoms with Crippen molar-refractivity contribution in [2.24, 2.45) is 52.3 Å². The van der Waals surface area contributed by atoms with Crippen LogP contribution in [-0.2, 0) is 0 Å². The van der Waals surface area contributed by atoms with Crippen LogP contribution in [0.25, 0.3) is 0 Å². The Bertz CT molecular complexity index is 668. The maximum Gasteiger partial charge on any atom is 0.0757 e. The van der Waals surface area contributed by atoms with Gasteiger partial charge in [0.2, 0.25) is 0 Å². The second kappa shape index (κ2) is 8.79. The van der Waals surface area contributed by atoms with Crippen LogP contribution in [0.5, 0.6) is 0 Å². The summed E-state index contributed by atoms with van der Waals surface area (Å²) in [4.78, 5) is 0. The van der Waals surface area contributed by atoms with Crippen LogP contribution in [0.1, 0.15) is 106 Å². The smallest absolute Gasteiger partial charge is 0.0757 e. The van der Waals surface area contributed by atoms with Gasteiger partial charge in [-0.15, -0.1) is 0 Å². The van der Waals surface area contributed by atoms with Gasteiger partial charge in [-0.2, -0.15) is 0 Å². The molecule has 0 aromatic carbocycles. The van der Waals surface area contributed by atoms with Crippen molar-refractivity contribution in [2.75, 3.05) is 0 Å². The van der Waals surface area contributed by atoms with Gasteiger partial charge in [0.15, 0.2) is 0 Å². The van der Waals surface area contributed by atoms with Crippen LogP contribution in [0.3, 0.4) is 0 Å². The van der Waals surface area contributed by atoms with E-state index in [9.17, 15) is 10.2 Å². The second-order valence-corrected chi connectivity index (χ2v) is 13.0. The Morgan fingerprint density at radius 3 is 2.39 bits per heavy atom. The molecule has 0 radical (unpaired) electrons. The van der Waals surface area contributed by atoms with Gasteiger partial charge in [-0.1, -0.05) is 66.0 Å². The molecule has 0 spiro atoms. The summed E-state index contributed by atoms with van der Waals surface area (Å²) in [5.74, 6) is 4.99. The van der Waals surface area contributed by atoms with Gasteiger partial charge in [0, 0.05) is 0 Å². The maximum absolute atomic E-state index is 11.3. The van der Waals surface area contributed by atoms with Crippen LogP contribution in [0.15, 0.2) is 11.6 Å². The molecule has 0 amide bonds. The van der Waals surface area contributed by atoms with Crippen LogP contribution in [-0.4, -0.2) is 22.4 Å². The van der Waals surface area contributed by atoms with Gasteiger partial charge in [-0.3, -0.25) is 0 Å². The summed E-state index contributed by atoms with van der Waals surface area (Å²) in [6.45, 7) is 14.7. The lowest BCUT2D eigenvalue weighted by Gasteiger charge is -2.59. The molecule has 2 heteroatoms. The number of aliphatic hydroxyl groups excluding tert-OH is 2. The zero-order chi connectivity index (χ0) is 22.6. The highest BCUT2D eigenvalue weighted by Gasteiger charge is 2.61. The van der Waals surface area contributed by atoms with E-state index in [0.29, 0.717) is 23.2 Å². The number of fused-ring (bicyclic) bond motifs is 5. The largest absolute Gasteiger partial charge is 0.393 e. The van der Waals surface area contributed by atoms with E-state index in [1.807, 2.05) is 0 Å². The van der Waals surface area contributed by atoms with E-state index in [-0.39, 0.29) is 17.6 Å². The van der Waals surface area contributed by atoms with Crippen LogP contribution in [0.4, 0.5) is 0 Å². The van der Waals surface area contributed by atoms with E-state index < -0.39 is 0 Å². The molecule has 31 heavy (non-hydrogen) atoms. The molecular formula is C29H50O2. The average molecular weight is 431 g/mol. The standard InChI is InChI=1S/C29H50O2/c1-7-20(18(2)3)9-8-19(4)23-10-11-24-27-25(13-15-29(23,24)6)28(5)14-12-22(30)16-21(28)17-26(27)31/h17-20,22-27,30-31H,7-16H2,1-6H3/t19-,20+,22+,23-,24?,25?,26+,27?,28+,29-/m1/s1. The first-order valence-electron chi connectivity index (χ1n) is 13.7. The first-order chi connectivity index (χ1) is 14.6. The van der Waals surface area contributed by atoms with Gasteiger partial charge in [0.05, 0.1) is 12.2 Å². The van der Waals surface area contributed by atoms with Crippen molar-refractivity contribution in [2.45, 2.75) is 118 Å². The summed E-state index contributed by atoms with van der Waals surface area (Å²) in [6, 6.07) is 0. The summed E-state index contributed by atoms with van der Waals surface area (Å²) < 4.78 is 0. The molecule has 10 atom stereocenters. The molecule has 4 aliphatic rings. The van der Waals surface area contributed by atoms with Gasteiger partial charge in [-0.25, -0.2) is 0 Å². The zero-order valence-electron chi connectivity index (χ0n) is 21.2. The molecular weight excluding hydrogens is 380 g/mol. The highest BCUT2D eigenvalue weighted by Crippen LogP contribution is 2.67. The molecule has 4 rings (SSSR count). The molecule has 3 fully saturated rings. The molecule has 178 valence electrons. The Balaban J connectivity index is 1.52. The van der Waals surface area contributed by atoms with Crippen LogP contribution in [0.2, 0.25) is 0 Å².